The number of ketones is 1. The molecule has 0 saturated carbocycles. The van der Waals surface area contributed by atoms with E-state index >= 15 is 0 Å². The zero-order valence-electron chi connectivity index (χ0n) is 17.5. The average Bonchev–Trinajstić information content (AvgIpc) is 2.65. The predicted octanol–water partition coefficient (Wildman–Crippen LogP) is 5.83. The normalized spacial score (nSPS) is 16.6. The second-order valence-corrected chi connectivity index (χ2v) is 10.4. The minimum atomic E-state index is -8.91. The SMILES string of the molecule is CCCC(=O)C[S+](C)OS(=O)(=O)C(F)(F)C(F)(F)C(F)(F)C(F)(F)C(F)(F)C(F)(F)C(F)(F)C(F)(F)F. The maximum atomic E-state index is 13.8. The van der Waals surface area contributed by atoms with Crippen LogP contribution in [-0.2, 0) is 29.7 Å². The third-order valence-corrected chi connectivity index (χ3v) is 7.36. The Morgan fingerprint density at radius 3 is 1.30 bits per heavy atom. The summed E-state index contributed by atoms with van der Waals surface area (Å²) in [6.07, 6.45) is -7.87. The molecular formula is C14H12F17O4S2+. The Labute approximate surface area is 198 Å². The largest absolute Gasteiger partial charge is 0.460 e. The molecule has 0 N–H and O–H groups in total. The molecule has 4 nitrogen and oxygen atoms in total. The Bertz CT molecular complexity index is 942. The number of hydrogen-bond donors (Lipinski definition) is 0. The van der Waals surface area contributed by atoms with E-state index in [1.165, 1.54) is 6.92 Å². The molecule has 222 valence electrons. The van der Waals surface area contributed by atoms with Gasteiger partial charge in [-0.25, -0.2) is 0 Å². The zero-order chi connectivity index (χ0) is 30.5. The number of rotatable bonds is 13. The summed E-state index contributed by atoms with van der Waals surface area (Å²) in [7, 11) is -7.65. The molecule has 0 fully saturated rings. The quantitative estimate of drug-likeness (QED) is 0.190. The molecule has 0 aliphatic carbocycles. The van der Waals surface area contributed by atoms with E-state index in [9.17, 15) is 87.8 Å². The van der Waals surface area contributed by atoms with Crippen molar-refractivity contribution in [3.05, 3.63) is 0 Å². The van der Waals surface area contributed by atoms with Crippen LogP contribution in [0.3, 0.4) is 0 Å². The number of carbonyl (C=O) groups excluding carboxylic acids is 1. The van der Waals surface area contributed by atoms with Crippen molar-refractivity contribution < 1.29 is 91.5 Å². The van der Waals surface area contributed by atoms with Crippen LogP contribution in [0.25, 0.3) is 0 Å². The van der Waals surface area contributed by atoms with Gasteiger partial charge in [0.1, 0.15) is 6.26 Å². The zero-order valence-corrected chi connectivity index (χ0v) is 19.1. The first-order valence-corrected chi connectivity index (χ1v) is 11.8. The topological polar surface area (TPSA) is 60.4 Å². The summed E-state index contributed by atoms with van der Waals surface area (Å²) in [5, 5.41) is -7.75. The molecule has 23 heteroatoms. The highest BCUT2D eigenvalue weighted by Crippen LogP contribution is 2.64. The van der Waals surface area contributed by atoms with E-state index in [0.29, 0.717) is 6.26 Å². The molecule has 0 aliphatic heterocycles. The molecular weight excluding hydrogens is 619 g/mol. The molecule has 1 atom stereocenters. The second-order valence-electron chi connectivity index (χ2n) is 6.99. The summed E-state index contributed by atoms with van der Waals surface area (Å²) >= 11 is -2.73. The Hall–Kier alpha value is -1.26. The summed E-state index contributed by atoms with van der Waals surface area (Å²) in [4.78, 5) is 11.3. The molecule has 0 rings (SSSR count). The van der Waals surface area contributed by atoms with Gasteiger partial charge >= 0.3 is 57.1 Å². The van der Waals surface area contributed by atoms with E-state index in [2.05, 4.69) is 3.63 Å². The van der Waals surface area contributed by atoms with Gasteiger partial charge in [-0.05, 0) is 10.1 Å². The van der Waals surface area contributed by atoms with E-state index < -0.39 is 86.2 Å². The minimum Gasteiger partial charge on any atom is -0.294 e. The Morgan fingerprint density at radius 1 is 0.649 bits per heavy atom. The third-order valence-electron chi connectivity index (χ3n) is 4.11. The Kier molecular flexibility index (Phi) is 9.70. The van der Waals surface area contributed by atoms with E-state index in [-0.39, 0.29) is 6.42 Å². The smallest absolute Gasteiger partial charge is 0.294 e. The monoisotopic (exact) mass is 631 g/mol. The molecule has 0 aromatic carbocycles. The van der Waals surface area contributed by atoms with Crippen LogP contribution < -0.4 is 0 Å². The van der Waals surface area contributed by atoms with Crippen molar-refractivity contribution >= 4 is 27.1 Å². The van der Waals surface area contributed by atoms with Gasteiger partial charge in [-0.2, -0.15) is 83.1 Å². The Morgan fingerprint density at radius 2 is 0.973 bits per heavy atom. The molecule has 0 bridgehead atoms. The van der Waals surface area contributed by atoms with Crippen LogP contribution in [0, 0.1) is 0 Å². The highest BCUT2D eigenvalue weighted by atomic mass is 32.3. The van der Waals surface area contributed by atoms with Gasteiger partial charge in [-0.1, -0.05) is 6.92 Å². The van der Waals surface area contributed by atoms with Gasteiger partial charge in [0, 0.05) is 6.42 Å². The van der Waals surface area contributed by atoms with Crippen molar-refractivity contribution in [1.82, 2.24) is 0 Å². The van der Waals surface area contributed by atoms with Gasteiger partial charge in [0.25, 0.3) is 0 Å². The van der Waals surface area contributed by atoms with Crippen LogP contribution in [-0.4, -0.2) is 73.2 Å². The molecule has 37 heavy (non-hydrogen) atoms. The molecule has 0 saturated heterocycles. The molecule has 0 aromatic rings. The first-order chi connectivity index (χ1) is 15.8. The van der Waals surface area contributed by atoms with Gasteiger partial charge in [0.15, 0.2) is 22.7 Å². The van der Waals surface area contributed by atoms with Gasteiger partial charge < -0.3 is 0 Å². The fourth-order valence-corrected chi connectivity index (χ4v) is 4.90. The standard InChI is InChI=1S/C14H12F17O4S2/c1-3-4-6(32)5-36(2)35-37(33,34)14(30,31)12(25,26)10(21,22)8(17,18)7(15,16)9(19,20)11(23,24)13(27,28)29/h3-5H2,1-2H3/q+1. The van der Waals surface area contributed by atoms with Gasteiger partial charge in [0.05, 0.1) is 0 Å². The van der Waals surface area contributed by atoms with Crippen molar-refractivity contribution in [2.24, 2.45) is 0 Å². The van der Waals surface area contributed by atoms with Gasteiger partial charge in [-0.3, -0.25) is 4.79 Å². The lowest BCUT2D eigenvalue weighted by molar-refractivity contribution is -0.458. The van der Waals surface area contributed by atoms with Crippen LogP contribution in [0.1, 0.15) is 19.8 Å². The molecule has 1 unspecified atom stereocenters. The lowest BCUT2D eigenvalue weighted by Crippen LogP contribution is -2.75. The fraction of sp³-hybridized carbons (Fsp3) is 0.929. The lowest BCUT2D eigenvalue weighted by Gasteiger charge is -2.42. The number of hydrogen-bond acceptors (Lipinski definition) is 4. The number of carbonyl (C=O) groups is 1. The van der Waals surface area contributed by atoms with Gasteiger partial charge in [0.2, 0.25) is 0 Å². The fourth-order valence-electron chi connectivity index (χ4n) is 2.10. The first-order valence-electron chi connectivity index (χ1n) is 8.65. The maximum absolute atomic E-state index is 13.8. The molecule has 0 aromatic heterocycles. The van der Waals surface area contributed by atoms with E-state index in [0.717, 1.165) is 0 Å². The average molecular weight is 631 g/mol. The van der Waals surface area contributed by atoms with Crippen LogP contribution >= 0.6 is 0 Å². The van der Waals surface area contributed by atoms with E-state index in [1.54, 1.807) is 0 Å². The summed E-state index contributed by atoms with van der Waals surface area (Å²) in [6, 6.07) is 0. The van der Waals surface area contributed by atoms with E-state index in [4.69, 9.17) is 0 Å². The Balaban J connectivity index is 6.69. The summed E-state index contributed by atoms with van der Waals surface area (Å²) in [5.41, 5.74) is 0. The van der Waals surface area contributed by atoms with Gasteiger partial charge in [-0.15, -0.1) is 0 Å². The summed E-state index contributed by atoms with van der Waals surface area (Å²) in [5.74, 6) is -54.2. The number of alkyl halides is 17. The van der Waals surface area contributed by atoms with Crippen molar-refractivity contribution in [1.29, 1.82) is 0 Å². The molecule has 0 radical (unpaired) electrons. The molecule has 0 spiro atoms. The van der Waals surface area contributed by atoms with Crippen LogP contribution in [0.5, 0.6) is 0 Å². The minimum absolute atomic E-state index is 0.0462. The van der Waals surface area contributed by atoms with E-state index in [1.807, 2.05) is 0 Å². The highest BCUT2D eigenvalue weighted by molar-refractivity contribution is 8.03. The molecule has 0 heterocycles. The highest BCUT2D eigenvalue weighted by Gasteiger charge is 2.96. The van der Waals surface area contributed by atoms with Crippen molar-refractivity contribution in [2.45, 2.75) is 66.7 Å². The second kappa shape index (κ2) is 10.0. The third kappa shape index (κ3) is 5.44. The number of Topliss-reactive ketones (excluding diaryl/α,β-unsaturated/α-hetero) is 1. The molecule has 0 aliphatic rings. The number of halogens is 17. The van der Waals surface area contributed by atoms with Crippen molar-refractivity contribution in [2.75, 3.05) is 12.0 Å². The maximum Gasteiger partial charge on any atom is 0.460 e. The first kappa shape index (κ1) is 35.7. The summed E-state index contributed by atoms with van der Waals surface area (Å²) in [6.45, 7) is 1.35. The molecule has 0 amide bonds. The lowest BCUT2D eigenvalue weighted by atomic mass is 9.91. The van der Waals surface area contributed by atoms with Crippen LogP contribution in [0.2, 0.25) is 0 Å². The van der Waals surface area contributed by atoms with Crippen molar-refractivity contribution in [3.8, 4) is 0 Å². The predicted molar refractivity (Wildman–Crippen MR) is 88.8 cm³/mol. The van der Waals surface area contributed by atoms with Crippen LogP contribution in [0.4, 0.5) is 74.6 Å². The summed E-state index contributed by atoms with van der Waals surface area (Å²) < 4.78 is 250. The van der Waals surface area contributed by atoms with Crippen molar-refractivity contribution in [3.63, 3.8) is 0 Å². The van der Waals surface area contributed by atoms with Crippen LogP contribution in [0.15, 0.2) is 0 Å².